The van der Waals surface area contributed by atoms with Gasteiger partial charge in [0.2, 0.25) is 5.91 Å². The van der Waals surface area contributed by atoms with E-state index in [-0.39, 0.29) is 12.3 Å². The molecule has 202 valence electrons. The van der Waals surface area contributed by atoms with E-state index in [0.29, 0.717) is 6.61 Å². The van der Waals surface area contributed by atoms with Crippen molar-refractivity contribution in [2.24, 2.45) is 0 Å². The van der Waals surface area contributed by atoms with E-state index in [0.717, 1.165) is 12.8 Å². The molecule has 1 rings (SSSR count). The number of amides is 1. The maximum absolute atomic E-state index is 11.8. The van der Waals surface area contributed by atoms with E-state index in [9.17, 15) is 20.1 Å². The largest absolute Gasteiger partial charge is 0.394 e. The van der Waals surface area contributed by atoms with Crippen LogP contribution in [0, 0.1) is 0 Å². The van der Waals surface area contributed by atoms with Gasteiger partial charge in [0.25, 0.3) is 0 Å². The Hall–Kier alpha value is -0.730. The van der Waals surface area contributed by atoms with Gasteiger partial charge in [0.05, 0.1) is 6.61 Å². The summed E-state index contributed by atoms with van der Waals surface area (Å²) in [6.45, 7) is 4.00. The summed E-state index contributed by atoms with van der Waals surface area (Å²) in [5.41, 5.74) is 0. The van der Waals surface area contributed by atoms with Gasteiger partial charge < -0.3 is 30.1 Å². The van der Waals surface area contributed by atoms with Gasteiger partial charge in [-0.15, -0.1) is 0 Å². The minimum Gasteiger partial charge on any atom is -0.394 e. The van der Waals surface area contributed by atoms with Crippen molar-refractivity contribution in [3.8, 4) is 0 Å². The maximum Gasteiger partial charge on any atom is 0.220 e. The van der Waals surface area contributed by atoms with Crippen molar-refractivity contribution < 1.29 is 29.6 Å². The predicted molar refractivity (Wildman–Crippen MR) is 135 cm³/mol. The third-order valence-corrected chi connectivity index (χ3v) is 6.81. The molecule has 1 amide bonds. The van der Waals surface area contributed by atoms with Crippen LogP contribution in [0.2, 0.25) is 0 Å². The van der Waals surface area contributed by atoms with E-state index in [4.69, 9.17) is 9.47 Å². The number of hydrogen-bond acceptors (Lipinski definition) is 6. The van der Waals surface area contributed by atoms with E-state index >= 15 is 0 Å². The number of nitrogens with one attached hydrogen (secondary N) is 1. The summed E-state index contributed by atoms with van der Waals surface area (Å²) >= 11 is 0. The molecule has 1 aliphatic rings. The number of aliphatic hydroxyl groups excluding tert-OH is 3. The van der Waals surface area contributed by atoms with Crippen molar-refractivity contribution in [2.45, 2.75) is 154 Å². The molecular formula is C27H53NO6. The second-order valence-corrected chi connectivity index (χ2v) is 9.83. The second-order valence-electron chi connectivity index (χ2n) is 9.83. The smallest absolute Gasteiger partial charge is 0.220 e. The van der Waals surface area contributed by atoms with Crippen molar-refractivity contribution in [3.63, 3.8) is 0 Å². The van der Waals surface area contributed by atoms with Gasteiger partial charge in [-0.1, -0.05) is 110 Å². The normalized spacial score (nSPS) is 24.9. The summed E-state index contributed by atoms with van der Waals surface area (Å²) in [6, 6.07) is -0.855. The Kier molecular flexibility index (Phi) is 18.8. The van der Waals surface area contributed by atoms with Crippen LogP contribution < -0.4 is 5.32 Å². The molecule has 0 bridgehead atoms. The third-order valence-electron chi connectivity index (χ3n) is 6.81. The molecule has 5 atom stereocenters. The fourth-order valence-electron chi connectivity index (χ4n) is 4.52. The van der Waals surface area contributed by atoms with Crippen molar-refractivity contribution in [2.75, 3.05) is 13.2 Å². The fourth-order valence-corrected chi connectivity index (χ4v) is 4.52. The zero-order chi connectivity index (χ0) is 25.0. The summed E-state index contributed by atoms with van der Waals surface area (Å²) in [5.74, 6) is -0.252. The van der Waals surface area contributed by atoms with E-state index in [1.165, 1.54) is 89.9 Å². The van der Waals surface area contributed by atoms with Crippen LogP contribution in [0.15, 0.2) is 0 Å². The molecule has 0 radical (unpaired) electrons. The molecule has 0 spiro atoms. The van der Waals surface area contributed by atoms with Gasteiger partial charge in [-0.2, -0.15) is 0 Å². The highest BCUT2D eigenvalue weighted by atomic mass is 16.7. The number of rotatable bonds is 21. The van der Waals surface area contributed by atoms with Gasteiger partial charge >= 0.3 is 0 Å². The van der Waals surface area contributed by atoms with Gasteiger partial charge in [-0.25, -0.2) is 0 Å². The molecule has 4 N–H and O–H groups in total. The summed E-state index contributed by atoms with van der Waals surface area (Å²) in [4.78, 5) is 11.8. The average Bonchev–Trinajstić information content (AvgIpc) is 2.84. The Morgan fingerprint density at radius 2 is 1.24 bits per heavy atom. The second kappa shape index (κ2) is 20.5. The molecule has 0 unspecified atom stereocenters. The van der Waals surface area contributed by atoms with Crippen molar-refractivity contribution in [1.82, 2.24) is 5.32 Å². The van der Waals surface area contributed by atoms with Gasteiger partial charge in [-0.05, 0) is 6.42 Å². The van der Waals surface area contributed by atoms with Crippen molar-refractivity contribution in [3.05, 3.63) is 0 Å². The molecule has 1 heterocycles. The highest BCUT2D eigenvalue weighted by Crippen LogP contribution is 2.23. The molecular weight excluding hydrogens is 434 g/mol. The quantitative estimate of drug-likeness (QED) is 0.176. The van der Waals surface area contributed by atoms with Gasteiger partial charge in [-0.3, -0.25) is 4.79 Å². The Balaban J connectivity index is 2.05. The molecule has 0 aliphatic carbocycles. The van der Waals surface area contributed by atoms with Gasteiger partial charge in [0, 0.05) is 13.0 Å². The molecule has 0 aromatic rings. The molecule has 0 saturated carbocycles. The molecule has 7 heteroatoms. The van der Waals surface area contributed by atoms with Crippen LogP contribution in [0.5, 0.6) is 0 Å². The lowest BCUT2D eigenvalue weighted by Gasteiger charge is -2.42. The molecule has 0 aromatic heterocycles. The van der Waals surface area contributed by atoms with Crippen LogP contribution in [0.3, 0.4) is 0 Å². The predicted octanol–water partition coefficient (Wildman–Crippen LogP) is 4.60. The van der Waals surface area contributed by atoms with Gasteiger partial charge in [0.15, 0.2) is 6.29 Å². The number of carbonyl (C=O) groups is 1. The fraction of sp³-hybridized carbons (Fsp3) is 0.963. The standard InChI is InChI=1S/C27H53NO6/c1-3-5-6-7-8-9-10-11-12-13-14-15-16-17-18-19-20-33-27-24(28-23(30)4-2)26(32)25(31)22(21-29)34-27/h22,24-27,29,31-32H,3-21H2,1-2H3,(H,28,30)/t22-,24-,25-,26-,27-/m1/s1. The molecule has 0 aromatic carbocycles. The lowest BCUT2D eigenvalue weighted by atomic mass is 9.97. The zero-order valence-electron chi connectivity index (χ0n) is 21.9. The summed E-state index contributed by atoms with van der Waals surface area (Å²) < 4.78 is 11.4. The number of aliphatic hydroxyl groups is 3. The Morgan fingerprint density at radius 1 is 0.765 bits per heavy atom. The first kappa shape index (κ1) is 31.3. The molecule has 34 heavy (non-hydrogen) atoms. The molecule has 1 saturated heterocycles. The van der Waals surface area contributed by atoms with Crippen LogP contribution >= 0.6 is 0 Å². The van der Waals surface area contributed by atoms with E-state index < -0.39 is 37.3 Å². The Labute approximate surface area is 208 Å². The first-order valence-corrected chi connectivity index (χ1v) is 14.1. The lowest BCUT2D eigenvalue weighted by molar-refractivity contribution is -0.270. The highest BCUT2D eigenvalue weighted by Gasteiger charge is 2.45. The number of hydrogen-bond donors (Lipinski definition) is 4. The number of ether oxygens (including phenoxy) is 2. The van der Waals surface area contributed by atoms with Gasteiger partial charge in [0.1, 0.15) is 24.4 Å². The highest BCUT2D eigenvalue weighted by molar-refractivity contribution is 5.76. The van der Waals surface area contributed by atoms with Crippen LogP contribution in [0.1, 0.15) is 123 Å². The van der Waals surface area contributed by atoms with E-state index in [2.05, 4.69) is 12.2 Å². The summed E-state index contributed by atoms with van der Waals surface area (Å²) in [5, 5.41) is 32.5. The SMILES string of the molecule is CCCCCCCCCCCCCCCCCCO[C@@H]1O[C@H](CO)[C@@H](O)[C@H](O)[C@H]1NC(=O)CC. The Morgan fingerprint density at radius 3 is 1.68 bits per heavy atom. The maximum atomic E-state index is 11.8. The summed E-state index contributed by atoms with van der Waals surface area (Å²) in [7, 11) is 0. The van der Waals surface area contributed by atoms with Crippen LogP contribution in [-0.4, -0.2) is 65.1 Å². The first-order chi connectivity index (χ1) is 16.5. The van der Waals surface area contributed by atoms with Crippen LogP contribution in [-0.2, 0) is 14.3 Å². The monoisotopic (exact) mass is 487 g/mol. The van der Waals surface area contributed by atoms with E-state index in [1.807, 2.05) is 0 Å². The number of unbranched alkanes of at least 4 members (excludes halogenated alkanes) is 15. The molecule has 1 aliphatic heterocycles. The number of carbonyl (C=O) groups excluding carboxylic acids is 1. The summed E-state index contributed by atoms with van der Waals surface area (Å²) in [6.07, 6.45) is 16.7. The zero-order valence-corrected chi connectivity index (χ0v) is 21.9. The van der Waals surface area contributed by atoms with Crippen LogP contribution in [0.4, 0.5) is 0 Å². The average molecular weight is 488 g/mol. The Bertz CT molecular complexity index is 492. The van der Waals surface area contributed by atoms with Crippen molar-refractivity contribution in [1.29, 1.82) is 0 Å². The minimum atomic E-state index is -1.28. The lowest BCUT2D eigenvalue weighted by Crippen LogP contribution is -2.64. The molecule has 1 fully saturated rings. The first-order valence-electron chi connectivity index (χ1n) is 14.1. The third kappa shape index (κ3) is 13.4. The molecule has 7 nitrogen and oxygen atoms in total. The topological polar surface area (TPSA) is 108 Å². The van der Waals surface area contributed by atoms with E-state index in [1.54, 1.807) is 6.92 Å². The van der Waals surface area contributed by atoms with Crippen LogP contribution in [0.25, 0.3) is 0 Å². The van der Waals surface area contributed by atoms with Crippen molar-refractivity contribution >= 4 is 5.91 Å². The minimum absolute atomic E-state index is 0.252.